The number of hydrogen-bond donors (Lipinski definition) is 2. The van der Waals surface area contributed by atoms with Crippen LogP contribution in [0.4, 0.5) is 0 Å². The first-order valence-corrected chi connectivity index (χ1v) is 8.95. The lowest BCUT2D eigenvalue weighted by Gasteiger charge is -2.25. The molecule has 1 aromatic heterocycles. The Hall–Kier alpha value is -2.33. The smallest absolute Gasteiger partial charge is 0.244 e. The molecule has 0 aliphatic heterocycles. The van der Waals surface area contributed by atoms with Crippen LogP contribution < -0.4 is 5.32 Å². The molecule has 2 N–H and O–H groups in total. The largest absolute Gasteiger partial charge is 0.393 e. The second-order valence-corrected chi connectivity index (χ2v) is 6.84. The average molecular weight is 338 g/mol. The van der Waals surface area contributed by atoms with Crippen molar-refractivity contribution in [3.63, 3.8) is 0 Å². The zero-order chi connectivity index (χ0) is 17.8. The van der Waals surface area contributed by atoms with Gasteiger partial charge in [0.15, 0.2) is 0 Å². The first-order valence-electron chi connectivity index (χ1n) is 8.95. The summed E-state index contributed by atoms with van der Waals surface area (Å²) in [5, 5.41) is 12.6. The number of nitrogens with zero attached hydrogens (tertiary/aromatic N) is 1. The van der Waals surface area contributed by atoms with Gasteiger partial charge in [-0.15, -0.1) is 0 Å². The van der Waals surface area contributed by atoms with E-state index in [1.165, 1.54) is 0 Å². The maximum Gasteiger partial charge on any atom is 0.244 e. The van der Waals surface area contributed by atoms with Crippen molar-refractivity contribution in [1.29, 1.82) is 0 Å². The Morgan fingerprint density at radius 1 is 1.16 bits per heavy atom. The highest BCUT2D eigenvalue weighted by molar-refractivity contribution is 5.92. The zero-order valence-electron chi connectivity index (χ0n) is 14.9. The van der Waals surface area contributed by atoms with Gasteiger partial charge in [-0.2, -0.15) is 0 Å². The van der Waals surface area contributed by atoms with Crippen LogP contribution in [-0.2, 0) is 4.79 Å². The van der Waals surface area contributed by atoms with Crippen LogP contribution in [0.25, 0.3) is 11.8 Å². The molecule has 132 valence electrons. The van der Waals surface area contributed by atoms with Gasteiger partial charge < -0.3 is 15.0 Å². The van der Waals surface area contributed by atoms with Crippen molar-refractivity contribution in [2.24, 2.45) is 0 Å². The van der Waals surface area contributed by atoms with E-state index in [9.17, 15) is 9.90 Å². The summed E-state index contributed by atoms with van der Waals surface area (Å²) in [7, 11) is 0. The molecule has 0 radical (unpaired) electrons. The summed E-state index contributed by atoms with van der Waals surface area (Å²) >= 11 is 0. The van der Waals surface area contributed by atoms with E-state index in [1.54, 1.807) is 6.08 Å². The van der Waals surface area contributed by atoms with Crippen LogP contribution in [0.5, 0.6) is 0 Å². The predicted octanol–water partition coefficient (Wildman–Crippen LogP) is 3.53. The fourth-order valence-corrected chi connectivity index (χ4v) is 3.57. The van der Waals surface area contributed by atoms with Gasteiger partial charge in [-0.1, -0.05) is 18.2 Å². The molecular formula is C21H26N2O2. The minimum Gasteiger partial charge on any atom is -0.393 e. The number of hydrogen-bond acceptors (Lipinski definition) is 2. The number of amides is 1. The lowest BCUT2D eigenvalue weighted by atomic mass is 9.93. The van der Waals surface area contributed by atoms with Crippen molar-refractivity contribution in [2.75, 3.05) is 0 Å². The summed E-state index contributed by atoms with van der Waals surface area (Å²) < 4.78 is 2.19. The van der Waals surface area contributed by atoms with Gasteiger partial charge in [0.1, 0.15) is 0 Å². The van der Waals surface area contributed by atoms with Crippen molar-refractivity contribution in [3.8, 4) is 5.69 Å². The van der Waals surface area contributed by atoms with Gasteiger partial charge in [0.25, 0.3) is 0 Å². The Kier molecular flexibility index (Phi) is 5.39. The molecule has 4 nitrogen and oxygen atoms in total. The maximum atomic E-state index is 12.2. The highest BCUT2D eigenvalue weighted by Crippen LogP contribution is 2.22. The average Bonchev–Trinajstić information content (AvgIpc) is 2.89. The van der Waals surface area contributed by atoms with Crippen LogP contribution in [0.2, 0.25) is 0 Å². The molecule has 1 aliphatic carbocycles. The Bertz CT molecular complexity index is 754. The summed E-state index contributed by atoms with van der Waals surface area (Å²) in [6, 6.07) is 12.5. The second kappa shape index (κ2) is 7.70. The molecule has 0 saturated heterocycles. The number of para-hydroxylation sites is 1. The molecule has 0 bridgehead atoms. The maximum absolute atomic E-state index is 12.2. The minimum atomic E-state index is -0.202. The van der Waals surface area contributed by atoms with Gasteiger partial charge in [0.05, 0.1) is 6.10 Å². The number of aliphatic hydroxyl groups excluding tert-OH is 1. The van der Waals surface area contributed by atoms with E-state index >= 15 is 0 Å². The number of aromatic nitrogens is 1. The fraction of sp³-hybridized carbons (Fsp3) is 0.381. The van der Waals surface area contributed by atoms with Crippen LogP contribution in [0.1, 0.15) is 42.6 Å². The van der Waals surface area contributed by atoms with E-state index in [-0.39, 0.29) is 18.1 Å². The number of aryl methyl sites for hydroxylation is 1. The van der Waals surface area contributed by atoms with Gasteiger partial charge in [-0.05, 0) is 69.4 Å². The van der Waals surface area contributed by atoms with E-state index in [1.807, 2.05) is 24.3 Å². The topological polar surface area (TPSA) is 54.3 Å². The van der Waals surface area contributed by atoms with Crippen molar-refractivity contribution >= 4 is 12.0 Å². The lowest BCUT2D eigenvalue weighted by molar-refractivity contribution is -0.117. The Labute approximate surface area is 149 Å². The Morgan fingerprint density at radius 3 is 2.52 bits per heavy atom. The third kappa shape index (κ3) is 4.20. The number of rotatable bonds is 4. The number of nitrogens with one attached hydrogen (secondary N) is 1. The number of carbonyl (C=O) groups excluding carboxylic acids is 1. The molecule has 4 heteroatoms. The van der Waals surface area contributed by atoms with Crippen molar-refractivity contribution in [2.45, 2.75) is 51.7 Å². The van der Waals surface area contributed by atoms with Gasteiger partial charge in [-0.25, -0.2) is 0 Å². The molecule has 3 rings (SSSR count). The highest BCUT2D eigenvalue weighted by Gasteiger charge is 2.20. The lowest BCUT2D eigenvalue weighted by Crippen LogP contribution is -2.37. The summed E-state index contributed by atoms with van der Waals surface area (Å²) in [6.07, 6.45) is 6.54. The van der Waals surface area contributed by atoms with Gasteiger partial charge in [0.2, 0.25) is 5.91 Å². The first-order chi connectivity index (χ1) is 12.0. The van der Waals surface area contributed by atoms with Gasteiger partial charge in [0, 0.05) is 29.2 Å². The van der Waals surface area contributed by atoms with Crippen molar-refractivity contribution in [1.82, 2.24) is 9.88 Å². The van der Waals surface area contributed by atoms with Crippen LogP contribution in [-0.4, -0.2) is 27.7 Å². The van der Waals surface area contributed by atoms with E-state index in [4.69, 9.17) is 0 Å². The van der Waals surface area contributed by atoms with Gasteiger partial charge in [-0.3, -0.25) is 4.79 Å². The fourth-order valence-electron chi connectivity index (χ4n) is 3.57. The molecule has 0 atom stereocenters. The molecule has 1 amide bonds. The number of aliphatic hydroxyl groups is 1. The molecular weight excluding hydrogens is 312 g/mol. The quantitative estimate of drug-likeness (QED) is 0.838. The molecule has 25 heavy (non-hydrogen) atoms. The molecule has 0 spiro atoms. The van der Waals surface area contributed by atoms with E-state index in [2.05, 4.69) is 41.9 Å². The monoisotopic (exact) mass is 338 g/mol. The van der Waals surface area contributed by atoms with Crippen LogP contribution in [0.15, 0.2) is 42.5 Å². The summed E-state index contributed by atoms with van der Waals surface area (Å²) in [4.78, 5) is 12.2. The Balaban J connectivity index is 1.68. The molecule has 1 heterocycles. The molecule has 1 aromatic carbocycles. The first kappa shape index (κ1) is 17.5. The van der Waals surface area contributed by atoms with Crippen molar-refractivity contribution in [3.05, 3.63) is 59.4 Å². The van der Waals surface area contributed by atoms with Gasteiger partial charge >= 0.3 is 0 Å². The third-order valence-corrected chi connectivity index (χ3v) is 4.94. The molecule has 1 aliphatic rings. The Morgan fingerprint density at radius 2 is 1.84 bits per heavy atom. The summed E-state index contributed by atoms with van der Waals surface area (Å²) in [6.45, 7) is 4.14. The normalized spacial score (nSPS) is 20.8. The number of benzene rings is 1. The van der Waals surface area contributed by atoms with Crippen LogP contribution >= 0.6 is 0 Å². The highest BCUT2D eigenvalue weighted by atomic mass is 16.3. The molecule has 2 aromatic rings. The van der Waals surface area contributed by atoms with E-state index in [0.29, 0.717) is 0 Å². The predicted molar refractivity (Wildman–Crippen MR) is 101 cm³/mol. The summed E-state index contributed by atoms with van der Waals surface area (Å²) in [5.41, 5.74) is 4.44. The standard InChI is InChI=1S/C21H26N2O2/c1-15-14-17(16(2)23(15)19-6-4-3-5-7-19)8-13-21(25)22-18-9-11-20(24)12-10-18/h3-8,13-14,18,20,24H,9-12H2,1-2H3,(H,22,25)/b13-8+. The number of carbonyl (C=O) groups is 1. The minimum absolute atomic E-state index is 0.0640. The molecule has 1 fully saturated rings. The zero-order valence-corrected chi connectivity index (χ0v) is 14.9. The third-order valence-electron chi connectivity index (χ3n) is 4.94. The van der Waals surface area contributed by atoms with Crippen LogP contribution in [0.3, 0.4) is 0 Å². The molecule has 0 unspecified atom stereocenters. The SMILES string of the molecule is Cc1cc(/C=C/C(=O)NC2CCC(O)CC2)c(C)n1-c1ccccc1. The summed E-state index contributed by atoms with van der Waals surface area (Å²) in [5.74, 6) is -0.0640. The molecule has 1 saturated carbocycles. The van der Waals surface area contributed by atoms with Crippen molar-refractivity contribution < 1.29 is 9.90 Å². The van der Waals surface area contributed by atoms with E-state index in [0.717, 1.165) is 48.3 Å². The second-order valence-electron chi connectivity index (χ2n) is 6.84. The van der Waals surface area contributed by atoms with Crippen LogP contribution in [0, 0.1) is 13.8 Å². The van der Waals surface area contributed by atoms with E-state index < -0.39 is 0 Å².